The number of aliphatic carboxylic acids is 1. The second-order valence-electron chi connectivity index (χ2n) is 6.63. The third-order valence-corrected chi connectivity index (χ3v) is 5.92. The number of amides is 1. The first-order chi connectivity index (χ1) is 12.1. The Morgan fingerprint density at radius 1 is 1.16 bits per heavy atom. The summed E-state index contributed by atoms with van der Waals surface area (Å²) in [6.45, 7) is 2.63. The van der Waals surface area contributed by atoms with Gasteiger partial charge in [-0.15, -0.1) is 0 Å². The van der Waals surface area contributed by atoms with Crippen molar-refractivity contribution >= 4 is 29.5 Å². The van der Waals surface area contributed by atoms with Crippen LogP contribution in [-0.4, -0.2) is 64.0 Å². The van der Waals surface area contributed by atoms with Crippen LogP contribution in [0, 0.1) is 0 Å². The standard InChI is InChI=1S/C18H25N3O3S/c22-17(23)11-15-13-25-10-9-21(15)18(24)14-5-6-16(19-12-14)20-7-3-1-2-4-8-20/h5-6,12,15H,1-4,7-11,13H2,(H,22,23). The predicted molar refractivity (Wildman–Crippen MR) is 99.3 cm³/mol. The Kier molecular flexibility index (Phi) is 6.18. The van der Waals surface area contributed by atoms with Crippen molar-refractivity contribution < 1.29 is 14.7 Å². The molecule has 3 heterocycles. The number of pyridine rings is 1. The van der Waals surface area contributed by atoms with Crippen LogP contribution in [0.25, 0.3) is 0 Å². The van der Waals surface area contributed by atoms with E-state index in [9.17, 15) is 9.59 Å². The number of carbonyl (C=O) groups is 2. The van der Waals surface area contributed by atoms with Gasteiger partial charge in [-0.2, -0.15) is 11.8 Å². The van der Waals surface area contributed by atoms with E-state index in [2.05, 4.69) is 9.88 Å². The van der Waals surface area contributed by atoms with Gasteiger partial charge in [0.2, 0.25) is 0 Å². The minimum absolute atomic E-state index is 0.00195. The molecule has 1 unspecified atom stereocenters. The van der Waals surface area contributed by atoms with Crippen LogP contribution in [0.2, 0.25) is 0 Å². The molecule has 136 valence electrons. The Morgan fingerprint density at radius 3 is 2.56 bits per heavy atom. The number of anilines is 1. The molecule has 2 aliphatic rings. The number of carboxylic acid groups (broad SMARTS) is 1. The molecule has 0 aliphatic carbocycles. The Hall–Kier alpha value is -1.76. The molecule has 1 atom stereocenters. The topological polar surface area (TPSA) is 73.7 Å². The third kappa shape index (κ3) is 4.66. The molecule has 6 nitrogen and oxygen atoms in total. The van der Waals surface area contributed by atoms with Crippen LogP contribution in [-0.2, 0) is 4.79 Å². The zero-order valence-electron chi connectivity index (χ0n) is 14.4. The van der Waals surface area contributed by atoms with E-state index >= 15 is 0 Å². The Bertz CT molecular complexity index is 600. The molecule has 0 aromatic carbocycles. The van der Waals surface area contributed by atoms with Crippen LogP contribution in [0.15, 0.2) is 18.3 Å². The predicted octanol–water partition coefficient (Wildman–Crippen LogP) is 2.49. The summed E-state index contributed by atoms with van der Waals surface area (Å²) in [6, 6.07) is 3.51. The van der Waals surface area contributed by atoms with Gasteiger partial charge in [-0.25, -0.2) is 4.98 Å². The second-order valence-corrected chi connectivity index (χ2v) is 7.78. The molecule has 1 amide bonds. The summed E-state index contributed by atoms with van der Waals surface area (Å²) in [5, 5.41) is 9.07. The summed E-state index contributed by atoms with van der Waals surface area (Å²) in [6.07, 6.45) is 6.55. The maximum absolute atomic E-state index is 12.8. The first-order valence-electron chi connectivity index (χ1n) is 8.96. The molecule has 0 bridgehead atoms. The monoisotopic (exact) mass is 363 g/mol. The largest absolute Gasteiger partial charge is 0.481 e. The van der Waals surface area contributed by atoms with Crippen molar-refractivity contribution in [2.24, 2.45) is 0 Å². The van der Waals surface area contributed by atoms with Crippen molar-refractivity contribution in [2.75, 3.05) is 36.0 Å². The van der Waals surface area contributed by atoms with E-state index in [0.29, 0.717) is 17.9 Å². The quantitative estimate of drug-likeness (QED) is 0.886. The van der Waals surface area contributed by atoms with Crippen molar-refractivity contribution in [3.05, 3.63) is 23.9 Å². The lowest BCUT2D eigenvalue weighted by atomic mass is 10.1. The van der Waals surface area contributed by atoms with Crippen molar-refractivity contribution in [1.82, 2.24) is 9.88 Å². The van der Waals surface area contributed by atoms with Crippen LogP contribution in [0.3, 0.4) is 0 Å². The molecule has 0 saturated carbocycles. The summed E-state index contributed by atoms with van der Waals surface area (Å²) in [4.78, 5) is 32.3. The van der Waals surface area contributed by atoms with Gasteiger partial charge >= 0.3 is 5.97 Å². The summed E-state index contributed by atoms with van der Waals surface area (Å²) in [7, 11) is 0. The van der Waals surface area contributed by atoms with E-state index < -0.39 is 5.97 Å². The minimum Gasteiger partial charge on any atom is -0.481 e. The van der Waals surface area contributed by atoms with Crippen LogP contribution in [0.4, 0.5) is 5.82 Å². The highest BCUT2D eigenvalue weighted by Gasteiger charge is 2.29. The molecule has 2 aliphatic heterocycles. The molecule has 0 radical (unpaired) electrons. The number of carbonyl (C=O) groups excluding carboxylic acids is 1. The van der Waals surface area contributed by atoms with Crippen LogP contribution in [0.1, 0.15) is 42.5 Å². The summed E-state index contributed by atoms with van der Waals surface area (Å²) in [5.41, 5.74) is 0.542. The maximum atomic E-state index is 12.8. The molecule has 2 fully saturated rings. The molecule has 1 N–H and O–H groups in total. The summed E-state index contributed by atoms with van der Waals surface area (Å²) >= 11 is 1.71. The molecule has 25 heavy (non-hydrogen) atoms. The Morgan fingerprint density at radius 2 is 1.92 bits per heavy atom. The minimum atomic E-state index is -0.861. The van der Waals surface area contributed by atoms with Crippen LogP contribution in [0.5, 0.6) is 0 Å². The maximum Gasteiger partial charge on any atom is 0.305 e. The second kappa shape index (κ2) is 8.56. The van der Waals surface area contributed by atoms with E-state index in [1.807, 2.05) is 12.1 Å². The van der Waals surface area contributed by atoms with Gasteiger partial charge in [0, 0.05) is 37.3 Å². The van der Waals surface area contributed by atoms with Gasteiger partial charge in [0.1, 0.15) is 5.82 Å². The molecular weight excluding hydrogens is 338 g/mol. The van der Waals surface area contributed by atoms with Crippen molar-refractivity contribution in [2.45, 2.75) is 38.1 Å². The van der Waals surface area contributed by atoms with Gasteiger partial charge in [0.25, 0.3) is 5.91 Å². The first-order valence-corrected chi connectivity index (χ1v) is 10.1. The van der Waals surface area contributed by atoms with Gasteiger partial charge < -0.3 is 14.9 Å². The van der Waals surface area contributed by atoms with E-state index in [4.69, 9.17) is 5.11 Å². The van der Waals surface area contributed by atoms with E-state index in [1.165, 1.54) is 25.7 Å². The SMILES string of the molecule is O=C(O)CC1CSCCN1C(=O)c1ccc(N2CCCCCC2)nc1. The van der Waals surface area contributed by atoms with Gasteiger partial charge in [-0.1, -0.05) is 12.8 Å². The average molecular weight is 363 g/mol. The lowest BCUT2D eigenvalue weighted by Gasteiger charge is -2.34. The summed E-state index contributed by atoms with van der Waals surface area (Å²) in [5.74, 6) is 1.48. The van der Waals surface area contributed by atoms with Crippen LogP contribution >= 0.6 is 11.8 Å². The molecule has 3 rings (SSSR count). The van der Waals surface area contributed by atoms with E-state index in [-0.39, 0.29) is 18.4 Å². The smallest absolute Gasteiger partial charge is 0.305 e. The highest BCUT2D eigenvalue weighted by molar-refractivity contribution is 7.99. The molecular formula is C18H25N3O3S. The zero-order valence-corrected chi connectivity index (χ0v) is 15.2. The molecule has 1 aromatic heterocycles. The van der Waals surface area contributed by atoms with Gasteiger partial charge in [-0.3, -0.25) is 9.59 Å². The lowest BCUT2D eigenvalue weighted by molar-refractivity contribution is -0.138. The van der Waals surface area contributed by atoms with Gasteiger partial charge in [-0.05, 0) is 25.0 Å². The summed E-state index contributed by atoms with van der Waals surface area (Å²) < 4.78 is 0. The fourth-order valence-electron chi connectivity index (χ4n) is 3.46. The molecule has 2 saturated heterocycles. The normalized spacial score (nSPS) is 21.7. The van der Waals surface area contributed by atoms with Crippen molar-refractivity contribution in [1.29, 1.82) is 0 Å². The number of hydrogen-bond acceptors (Lipinski definition) is 5. The highest BCUT2D eigenvalue weighted by atomic mass is 32.2. The number of rotatable bonds is 4. The van der Waals surface area contributed by atoms with Crippen molar-refractivity contribution in [3.63, 3.8) is 0 Å². The van der Waals surface area contributed by atoms with Crippen LogP contribution < -0.4 is 4.90 Å². The fraction of sp³-hybridized carbons (Fsp3) is 0.611. The third-order valence-electron chi connectivity index (χ3n) is 4.82. The fourth-order valence-corrected chi connectivity index (χ4v) is 4.52. The first kappa shape index (κ1) is 18.0. The lowest BCUT2D eigenvalue weighted by Crippen LogP contribution is -2.47. The zero-order chi connectivity index (χ0) is 17.6. The number of nitrogens with zero attached hydrogens (tertiary/aromatic N) is 3. The number of thioether (sulfide) groups is 1. The highest BCUT2D eigenvalue weighted by Crippen LogP contribution is 2.22. The molecule has 1 aromatic rings. The van der Waals surface area contributed by atoms with E-state index in [1.54, 1.807) is 22.9 Å². The molecule has 0 spiro atoms. The van der Waals surface area contributed by atoms with E-state index in [0.717, 1.165) is 24.7 Å². The molecule has 7 heteroatoms. The number of carboxylic acids is 1. The Balaban J connectivity index is 1.69. The van der Waals surface area contributed by atoms with Gasteiger partial charge in [0.05, 0.1) is 18.0 Å². The van der Waals surface area contributed by atoms with Crippen molar-refractivity contribution in [3.8, 4) is 0 Å². The number of hydrogen-bond donors (Lipinski definition) is 1. The number of aromatic nitrogens is 1. The van der Waals surface area contributed by atoms with Gasteiger partial charge in [0.15, 0.2) is 0 Å². The average Bonchev–Trinajstić information content (AvgIpc) is 2.91. The Labute approximate surface area is 152 Å².